The highest BCUT2D eigenvalue weighted by Crippen LogP contribution is 2.07. The Morgan fingerprint density at radius 1 is 1.77 bits per heavy atom. The molecule has 3 heteroatoms. The van der Waals surface area contributed by atoms with Crippen molar-refractivity contribution in [2.24, 2.45) is 7.05 Å². The first kappa shape index (κ1) is 9.99. The van der Waals surface area contributed by atoms with Crippen LogP contribution < -0.4 is 5.32 Å². The number of aromatic nitrogens is 2. The van der Waals surface area contributed by atoms with Gasteiger partial charge in [0.15, 0.2) is 0 Å². The average Bonchev–Trinajstić information content (AvgIpc) is 2.47. The lowest BCUT2D eigenvalue weighted by Crippen LogP contribution is -2.22. The van der Waals surface area contributed by atoms with Crippen molar-refractivity contribution in [3.63, 3.8) is 0 Å². The van der Waals surface area contributed by atoms with Crippen LogP contribution in [0, 0.1) is 0 Å². The molecular weight excluding hydrogens is 162 g/mol. The molecule has 72 valence electrons. The molecule has 0 aromatic carbocycles. The molecule has 0 radical (unpaired) electrons. The first-order valence-corrected chi connectivity index (χ1v) is 4.46. The topological polar surface area (TPSA) is 29.9 Å². The van der Waals surface area contributed by atoms with E-state index in [9.17, 15) is 0 Å². The van der Waals surface area contributed by atoms with Gasteiger partial charge >= 0.3 is 0 Å². The maximum atomic E-state index is 4.26. The number of rotatable bonds is 4. The summed E-state index contributed by atoms with van der Waals surface area (Å²) in [7, 11) is 2.00. The first-order chi connectivity index (χ1) is 6.11. The van der Waals surface area contributed by atoms with E-state index in [0.717, 1.165) is 17.9 Å². The lowest BCUT2D eigenvalue weighted by molar-refractivity contribution is 0.555. The van der Waals surface area contributed by atoms with Crippen molar-refractivity contribution in [2.75, 3.05) is 6.54 Å². The van der Waals surface area contributed by atoms with Crippen LogP contribution in [0.5, 0.6) is 0 Å². The van der Waals surface area contributed by atoms with Gasteiger partial charge in [-0.15, -0.1) is 0 Å². The second-order valence-corrected chi connectivity index (χ2v) is 3.46. The average molecular weight is 179 g/mol. The number of nitrogens with zero attached hydrogens (tertiary/aromatic N) is 2. The van der Waals surface area contributed by atoms with Crippen LogP contribution in [0.2, 0.25) is 0 Å². The highest BCUT2D eigenvalue weighted by Gasteiger charge is 2.08. The molecule has 1 heterocycles. The van der Waals surface area contributed by atoms with Crippen LogP contribution in [-0.2, 0) is 7.05 Å². The predicted octanol–water partition coefficient (Wildman–Crippen LogP) is 1.65. The van der Waals surface area contributed by atoms with E-state index >= 15 is 0 Å². The molecule has 1 N–H and O–H groups in total. The van der Waals surface area contributed by atoms with Crippen molar-refractivity contribution in [2.45, 2.75) is 19.9 Å². The van der Waals surface area contributed by atoms with Crippen LogP contribution in [0.1, 0.15) is 25.7 Å². The Bertz CT molecular complexity index is 288. The van der Waals surface area contributed by atoms with Crippen LogP contribution in [0.3, 0.4) is 0 Å². The normalized spacial score (nSPS) is 12.8. The van der Waals surface area contributed by atoms with Gasteiger partial charge in [0.1, 0.15) is 5.82 Å². The van der Waals surface area contributed by atoms with E-state index in [1.165, 1.54) is 0 Å². The van der Waals surface area contributed by atoms with Gasteiger partial charge in [-0.1, -0.05) is 12.2 Å². The van der Waals surface area contributed by atoms with Crippen LogP contribution in [0.15, 0.2) is 24.5 Å². The van der Waals surface area contributed by atoms with Gasteiger partial charge in [-0.3, -0.25) is 0 Å². The number of nitrogens with one attached hydrogen (secondary N) is 1. The van der Waals surface area contributed by atoms with Crippen molar-refractivity contribution in [1.29, 1.82) is 0 Å². The molecule has 0 aliphatic rings. The van der Waals surface area contributed by atoms with Crippen molar-refractivity contribution < 1.29 is 0 Å². The van der Waals surface area contributed by atoms with Crippen LogP contribution in [0.4, 0.5) is 0 Å². The molecule has 0 aliphatic carbocycles. The van der Waals surface area contributed by atoms with E-state index in [-0.39, 0.29) is 6.04 Å². The minimum Gasteiger partial charge on any atom is -0.337 e. The molecule has 0 fully saturated rings. The second kappa shape index (κ2) is 4.23. The maximum Gasteiger partial charge on any atom is 0.125 e. The summed E-state index contributed by atoms with van der Waals surface area (Å²) in [6, 6.07) is 0.275. The van der Waals surface area contributed by atoms with Crippen LogP contribution >= 0.6 is 0 Å². The number of hydrogen-bond acceptors (Lipinski definition) is 2. The molecule has 0 bridgehead atoms. The van der Waals surface area contributed by atoms with E-state index < -0.39 is 0 Å². The number of imidazole rings is 1. The first-order valence-electron chi connectivity index (χ1n) is 4.46. The summed E-state index contributed by atoms with van der Waals surface area (Å²) < 4.78 is 2.02. The molecule has 3 nitrogen and oxygen atoms in total. The molecule has 13 heavy (non-hydrogen) atoms. The molecule has 1 aromatic heterocycles. The molecule has 1 rings (SSSR count). The van der Waals surface area contributed by atoms with Gasteiger partial charge < -0.3 is 9.88 Å². The summed E-state index contributed by atoms with van der Waals surface area (Å²) in [5.41, 5.74) is 1.14. The minimum absolute atomic E-state index is 0.275. The Morgan fingerprint density at radius 3 is 2.92 bits per heavy atom. The standard InChI is InChI=1S/C10H17N3/c1-8(2)7-12-9(3)10-11-5-6-13(10)4/h5-6,9,12H,1,7H2,2-4H3. The van der Waals surface area contributed by atoms with Crippen LogP contribution in [0.25, 0.3) is 0 Å². The smallest absolute Gasteiger partial charge is 0.125 e. The molecule has 0 saturated carbocycles. The Hall–Kier alpha value is -1.09. The van der Waals surface area contributed by atoms with E-state index in [4.69, 9.17) is 0 Å². The van der Waals surface area contributed by atoms with E-state index in [1.807, 2.05) is 30.9 Å². The van der Waals surface area contributed by atoms with Gasteiger partial charge in [-0.25, -0.2) is 4.98 Å². The molecule has 1 atom stereocenters. The molecule has 0 amide bonds. The van der Waals surface area contributed by atoms with Gasteiger partial charge in [0.05, 0.1) is 6.04 Å². The Morgan fingerprint density at radius 2 is 2.46 bits per heavy atom. The van der Waals surface area contributed by atoms with Crippen LogP contribution in [-0.4, -0.2) is 16.1 Å². The summed E-state index contributed by atoms with van der Waals surface area (Å²) in [6.07, 6.45) is 3.77. The van der Waals surface area contributed by atoms with E-state index in [0.29, 0.717) is 0 Å². The zero-order valence-corrected chi connectivity index (χ0v) is 8.54. The number of hydrogen-bond donors (Lipinski definition) is 1. The Kier molecular flexibility index (Phi) is 3.25. The van der Waals surface area contributed by atoms with Crippen molar-refractivity contribution in [3.8, 4) is 0 Å². The lowest BCUT2D eigenvalue weighted by Gasteiger charge is -2.13. The molecule has 0 saturated heterocycles. The summed E-state index contributed by atoms with van der Waals surface area (Å²) in [5.74, 6) is 1.06. The van der Waals surface area contributed by atoms with Crippen molar-refractivity contribution in [1.82, 2.24) is 14.9 Å². The highest BCUT2D eigenvalue weighted by atomic mass is 15.1. The minimum atomic E-state index is 0.275. The quantitative estimate of drug-likeness (QED) is 0.712. The fraction of sp³-hybridized carbons (Fsp3) is 0.500. The molecule has 0 aliphatic heterocycles. The summed E-state index contributed by atoms with van der Waals surface area (Å²) in [4.78, 5) is 4.26. The Balaban J connectivity index is 2.53. The lowest BCUT2D eigenvalue weighted by atomic mass is 10.3. The molecule has 1 unspecified atom stereocenters. The van der Waals surface area contributed by atoms with E-state index in [2.05, 4.69) is 23.8 Å². The SMILES string of the molecule is C=C(C)CNC(C)c1nccn1C. The molecular formula is C10H17N3. The van der Waals surface area contributed by atoms with Gasteiger partial charge in [0, 0.05) is 26.0 Å². The number of aryl methyl sites for hydroxylation is 1. The van der Waals surface area contributed by atoms with Gasteiger partial charge in [-0.05, 0) is 13.8 Å². The van der Waals surface area contributed by atoms with Gasteiger partial charge in [0.25, 0.3) is 0 Å². The fourth-order valence-corrected chi connectivity index (χ4v) is 1.21. The van der Waals surface area contributed by atoms with Gasteiger partial charge in [-0.2, -0.15) is 0 Å². The third-order valence-electron chi connectivity index (χ3n) is 1.96. The maximum absolute atomic E-state index is 4.26. The monoisotopic (exact) mass is 179 g/mol. The highest BCUT2D eigenvalue weighted by molar-refractivity contribution is 4.99. The third-order valence-corrected chi connectivity index (χ3v) is 1.96. The second-order valence-electron chi connectivity index (χ2n) is 3.46. The molecule has 1 aromatic rings. The van der Waals surface area contributed by atoms with E-state index in [1.54, 1.807) is 0 Å². The van der Waals surface area contributed by atoms with Crippen molar-refractivity contribution >= 4 is 0 Å². The predicted molar refractivity (Wildman–Crippen MR) is 54.4 cm³/mol. The van der Waals surface area contributed by atoms with Gasteiger partial charge in [0.2, 0.25) is 0 Å². The zero-order valence-electron chi connectivity index (χ0n) is 8.54. The zero-order chi connectivity index (χ0) is 9.84. The summed E-state index contributed by atoms with van der Waals surface area (Å²) in [5, 5.41) is 3.34. The largest absolute Gasteiger partial charge is 0.337 e. The Labute approximate surface area is 79.5 Å². The fourth-order valence-electron chi connectivity index (χ4n) is 1.21. The summed E-state index contributed by atoms with van der Waals surface area (Å²) in [6.45, 7) is 8.80. The van der Waals surface area contributed by atoms with Crippen molar-refractivity contribution in [3.05, 3.63) is 30.4 Å². The summed E-state index contributed by atoms with van der Waals surface area (Å²) >= 11 is 0. The molecule has 0 spiro atoms. The third kappa shape index (κ3) is 2.70.